The number of halogens is 1. The van der Waals surface area contributed by atoms with Crippen molar-refractivity contribution in [1.82, 2.24) is 4.90 Å². The van der Waals surface area contributed by atoms with Crippen molar-refractivity contribution in [2.45, 2.75) is 13.8 Å². The third-order valence-electron chi connectivity index (χ3n) is 1.42. The Kier molecular flexibility index (Phi) is 5.94. The van der Waals surface area contributed by atoms with Gasteiger partial charge in [0.05, 0.1) is 0 Å². The van der Waals surface area contributed by atoms with E-state index in [1.807, 2.05) is 13.8 Å². The summed E-state index contributed by atoms with van der Waals surface area (Å²) in [5, 5.41) is 0. The zero-order valence-corrected chi connectivity index (χ0v) is 7.77. The highest BCUT2D eigenvalue weighted by Gasteiger charge is 2.03. The monoisotopic (exact) mass is 175 g/mol. The van der Waals surface area contributed by atoms with Gasteiger partial charge < -0.3 is 4.90 Å². The van der Waals surface area contributed by atoms with Gasteiger partial charge in [-0.15, -0.1) is 11.6 Å². The molecule has 0 fully saturated rings. The molecule has 0 aliphatic rings. The van der Waals surface area contributed by atoms with Crippen LogP contribution in [0.3, 0.4) is 0 Å². The van der Waals surface area contributed by atoms with Crippen molar-refractivity contribution >= 4 is 17.5 Å². The smallest absolute Gasteiger partial charge is 0.246 e. The van der Waals surface area contributed by atoms with E-state index in [4.69, 9.17) is 11.6 Å². The molecule has 0 spiro atoms. The Morgan fingerprint density at radius 3 is 2.36 bits per heavy atom. The van der Waals surface area contributed by atoms with E-state index >= 15 is 0 Å². The van der Waals surface area contributed by atoms with Crippen LogP contribution in [0.1, 0.15) is 13.8 Å². The van der Waals surface area contributed by atoms with Crippen molar-refractivity contribution in [2.24, 2.45) is 0 Å². The molecule has 3 heteroatoms. The summed E-state index contributed by atoms with van der Waals surface area (Å²) in [6.07, 6.45) is 3.17. The third kappa shape index (κ3) is 4.04. The highest BCUT2D eigenvalue weighted by molar-refractivity contribution is 6.19. The fraction of sp³-hybridized carbons (Fsp3) is 0.625. The fourth-order valence-electron chi connectivity index (χ4n) is 0.786. The van der Waals surface area contributed by atoms with Crippen LogP contribution in [-0.2, 0) is 4.79 Å². The van der Waals surface area contributed by atoms with E-state index in [0.717, 1.165) is 13.1 Å². The molecule has 0 atom stereocenters. The van der Waals surface area contributed by atoms with E-state index < -0.39 is 0 Å². The number of carbonyl (C=O) groups is 1. The summed E-state index contributed by atoms with van der Waals surface area (Å²) >= 11 is 5.38. The van der Waals surface area contributed by atoms with Gasteiger partial charge in [-0.2, -0.15) is 0 Å². The molecule has 2 nitrogen and oxygen atoms in total. The second kappa shape index (κ2) is 6.23. The van der Waals surface area contributed by atoms with Gasteiger partial charge in [0.25, 0.3) is 0 Å². The predicted octanol–water partition coefficient (Wildman–Crippen LogP) is 1.65. The molecule has 1 amide bonds. The van der Waals surface area contributed by atoms with Crippen molar-refractivity contribution in [3.63, 3.8) is 0 Å². The Hall–Kier alpha value is -0.500. The third-order valence-corrected chi connectivity index (χ3v) is 1.60. The minimum Gasteiger partial charge on any atom is -0.340 e. The Morgan fingerprint density at radius 1 is 1.45 bits per heavy atom. The summed E-state index contributed by atoms with van der Waals surface area (Å²) in [5.74, 6) is 0.433. The van der Waals surface area contributed by atoms with Gasteiger partial charge in [0.1, 0.15) is 0 Å². The molecule has 0 aromatic carbocycles. The van der Waals surface area contributed by atoms with Crippen LogP contribution in [0.4, 0.5) is 0 Å². The number of hydrogen-bond acceptors (Lipinski definition) is 1. The fourth-order valence-corrected chi connectivity index (χ4v) is 0.875. The molecule has 0 aliphatic carbocycles. The largest absolute Gasteiger partial charge is 0.340 e. The number of nitrogens with zero attached hydrogens (tertiary/aromatic N) is 1. The topological polar surface area (TPSA) is 20.3 Å². The SMILES string of the molecule is CCN(CC)C(=O)C=CCCl. The van der Waals surface area contributed by atoms with E-state index in [-0.39, 0.29) is 5.91 Å². The first kappa shape index (κ1) is 10.5. The molecule has 0 unspecified atom stereocenters. The first-order valence-corrected chi connectivity index (χ1v) is 4.31. The number of alkyl halides is 1. The zero-order chi connectivity index (χ0) is 8.69. The van der Waals surface area contributed by atoms with Gasteiger partial charge in [-0.1, -0.05) is 6.08 Å². The maximum atomic E-state index is 11.1. The van der Waals surface area contributed by atoms with Crippen molar-refractivity contribution in [1.29, 1.82) is 0 Å². The van der Waals surface area contributed by atoms with Crippen LogP contribution >= 0.6 is 11.6 Å². The molecule has 0 saturated heterocycles. The molecular weight excluding hydrogens is 162 g/mol. The minimum atomic E-state index is 0.0376. The predicted molar refractivity (Wildman–Crippen MR) is 47.8 cm³/mol. The number of rotatable bonds is 4. The second-order valence-electron chi connectivity index (χ2n) is 2.07. The van der Waals surface area contributed by atoms with Crippen molar-refractivity contribution in [3.8, 4) is 0 Å². The lowest BCUT2D eigenvalue weighted by Gasteiger charge is -2.15. The summed E-state index contributed by atoms with van der Waals surface area (Å²) in [5.41, 5.74) is 0. The molecular formula is C8H14ClNO. The lowest BCUT2D eigenvalue weighted by atomic mass is 10.4. The van der Waals surface area contributed by atoms with Gasteiger partial charge in [-0.25, -0.2) is 0 Å². The van der Waals surface area contributed by atoms with Gasteiger partial charge in [0, 0.05) is 25.0 Å². The first-order valence-electron chi connectivity index (χ1n) is 3.77. The van der Waals surface area contributed by atoms with Crippen LogP contribution < -0.4 is 0 Å². The van der Waals surface area contributed by atoms with Crippen LogP contribution in [-0.4, -0.2) is 29.8 Å². The maximum Gasteiger partial charge on any atom is 0.246 e. The Bertz CT molecular complexity index is 141. The van der Waals surface area contributed by atoms with Crippen LogP contribution in [0, 0.1) is 0 Å². The normalized spacial score (nSPS) is 10.5. The maximum absolute atomic E-state index is 11.1. The van der Waals surface area contributed by atoms with E-state index in [2.05, 4.69) is 0 Å². The number of hydrogen-bond donors (Lipinski definition) is 0. The van der Waals surface area contributed by atoms with Crippen molar-refractivity contribution in [3.05, 3.63) is 12.2 Å². The standard InChI is InChI=1S/C8H14ClNO/c1-3-10(4-2)8(11)6-5-7-9/h5-6H,3-4,7H2,1-2H3. The summed E-state index contributed by atoms with van der Waals surface area (Å²) in [4.78, 5) is 12.9. The average molecular weight is 176 g/mol. The quantitative estimate of drug-likeness (QED) is 0.470. The van der Waals surface area contributed by atoms with Crippen LogP contribution in [0.15, 0.2) is 12.2 Å². The lowest BCUT2D eigenvalue weighted by molar-refractivity contribution is -0.125. The molecule has 0 aliphatic heterocycles. The summed E-state index contributed by atoms with van der Waals surface area (Å²) in [7, 11) is 0. The molecule has 0 aromatic rings. The molecule has 0 heterocycles. The van der Waals surface area contributed by atoms with Gasteiger partial charge in [-0.05, 0) is 13.8 Å². The molecule has 0 N–H and O–H groups in total. The number of allylic oxidation sites excluding steroid dienone is 1. The molecule has 0 rings (SSSR count). The van der Waals surface area contributed by atoms with E-state index in [9.17, 15) is 4.79 Å². The molecule has 0 saturated carbocycles. The number of carbonyl (C=O) groups excluding carboxylic acids is 1. The Balaban J connectivity index is 3.88. The highest BCUT2D eigenvalue weighted by atomic mass is 35.5. The Morgan fingerprint density at radius 2 is 2.00 bits per heavy atom. The molecule has 64 valence electrons. The molecule has 0 radical (unpaired) electrons. The summed E-state index contributed by atoms with van der Waals surface area (Å²) < 4.78 is 0. The van der Waals surface area contributed by atoms with Crippen LogP contribution in [0.25, 0.3) is 0 Å². The molecule has 0 aromatic heterocycles. The highest BCUT2D eigenvalue weighted by Crippen LogP contribution is 1.90. The Labute approximate surface area is 72.8 Å². The van der Waals surface area contributed by atoms with Gasteiger partial charge in [-0.3, -0.25) is 4.79 Å². The average Bonchev–Trinajstić information content (AvgIpc) is 2.03. The zero-order valence-electron chi connectivity index (χ0n) is 7.01. The van der Waals surface area contributed by atoms with Crippen LogP contribution in [0.5, 0.6) is 0 Å². The summed E-state index contributed by atoms with van der Waals surface area (Å²) in [6.45, 7) is 5.41. The van der Waals surface area contributed by atoms with Gasteiger partial charge in [0.15, 0.2) is 0 Å². The van der Waals surface area contributed by atoms with E-state index in [1.54, 1.807) is 11.0 Å². The van der Waals surface area contributed by atoms with E-state index in [0.29, 0.717) is 5.88 Å². The van der Waals surface area contributed by atoms with Gasteiger partial charge in [0.2, 0.25) is 5.91 Å². The second-order valence-corrected chi connectivity index (χ2v) is 2.38. The number of likely N-dealkylation sites (N-methyl/N-ethyl adjacent to an activating group) is 1. The molecule has 0 bridgehead atoms. The number of amides is 1. The molecule has 11 heavy (non-hydrogen) atoms. The van der Waals surface area contributed by atoms with Crippen molar-refractivity contribution in [2.75, 3.05) is 19.0 Å². The first-order chi connectivity index (χ1) is 5.26. The van der Waals surface area contributed by atoms with Crippen LogP contribution in [0.2, 0.25) is 0 Å². The minimum absolute atomic E-state index is 0.0376. The summed E-state index contributed by atoms with van der Waals surface area (Å²) in [6, 6.07) is 0. The lowest BCUT2D eigenvalue weighted by Crippen LogP contribution is -2.28. The van der Waals surface area contributed by atoms with E-state index in [1.165, 1.54) is 6.08 Å². The van der Waals surface area contributed by atoms with Crippen molar-refractivity contribution < 1.29 is 4.79 Å². The van der Waals surface area contributed by atoms with Gasteiger partial charge >= 0.3 is 0 Å².